The van der Waals surface area contributed by atoms with Crippen molar-refractivity contribution in [2.45, 2.75) is 13.3 Å². The molecule has 1 aromatic carbocycles. The number of hydrogen-bond donors (Lipinski definition) is 1. The molecule has 2 aromatic rings. The molecule has 1 aromatic heterocycles. The number of aromatic hydroxyl groups is 1. The van der Waals surface area contributed by atoms with E-state index in [-0.39, 0.29) is 11.5 Å². The van der Waals surface area contributed by atoms with E-state index in [1.165, 1.54) is 0 Å². The first-order valence-electron chi connectivity index (χ1n) is 4.84. The summed E-state index contributed by atoms with van der Waals surface area (Å²) in [6, 6.07) is 8.65. The number of para-hydroxylation sites is 1. The zero-order chi connectivity index (χ0) is 10.8. The monoisotopic (exact) mass is 201 g/mol. The van der Waals surface area contributed by atoms with Gasteiger partial charge in [-0.2, -0.15) is 0 Å². The van der Waals surface area contributed by atoms with Crippen molar-refractivity contribution in [1.82, 2.24) is 4.98 Å². The highest BCUT2D eigenvalue weighted by molar-refractivity contribution is 5.97. The first kappa shape index (κ1) is 9.65. The van der Waals surface area contributed by atoms with Crippen LogP contribution in [0.2, 0.25) is 0 Å². The van der Waals surface area contributed by atoms with Gasteiger partial charge in [-0.1, -0.05) is 25.1 Å². The summed E-state index contributed by atoms with van der Waals surface area (Å²) in [6.45, 7) is 1.79. The molecule has 0 radical (unpaired) electrons. The number of pyridine rings is 1. The summed E-state index contributed by atoms with van der Waals surface area (Å²) in [5, 5.41) is 10.4. The molecule has 0 unspecified atom stereocenters. The first-order chi connectivity index (χ1) is 7.22. The highest BCUT2D eigenvalue weighted by atomic mass is 16.3. The van der Waals surface area contributed by atoms with Gasteiger partial charge in [0.25, 0.3) is 0 Å². The number of phenols is 1. The molecule has 15 heavy (non-hydrogen) atoms. The molecule has 76 valence electrons. The van der Waals surface area contributed by atoms with E-state index in [2.05, 4.69) is 4.98 Å². The first-order valence-corrected chi connectivity index (χ1v) is 4.84. The van der Waals surface area contributed by atoms with E-state index in [9.17, 15) is 9.90 Å². The number of carbonyl (C=O) groups is 1. The fourth-order valence-corrected chi connectivity index (χ4v) is 1.47. The number of phenolic OH excluding ortho intramolecular Hbond substituents is 1. The SMILES string of the molecule is CCC(=O)c1ccc2cccc(O)c2n1. The van der Waals surface area contributed by atoms with Crippen molar-refractivity contribution in [1.29, 1.82) is 0 Å². The van der Waals surface area contributed by atoms with Crippen molar-refractivity contribution in [2.75, 3.05) is 0 Å². The van der Waals surface area contributed by atoms with E-state index in [0.29, 0.717) is 17.6 Å². The number of aromatic nitrogens is 1. The number of benzene rings is 1. The average Bonchev–Trinajstić information content (AvgIpc) is 2.28. The van der Waals surface area contributed by atoms with Crippen LogP contribution in [0.15, 0.2) is 30.3 Å². The van der Waals surface area contributed by atoms with Gasteiger partial charge in [0.05, 0.1) is 0 Å². The second-order valence-corrected chi connectivity index (χ2v) is 3.32. The van der Waals surface area contributed by atoms with Gasteiger partial charge >= 0.3 is 0 Å². The quantitative estimate of drug-likeness (QED) is 0.759. The lowest BCUT2D eigenvalue weighted by Gasteiger charge is -2.02. The van der Waals surface area contributed by atoms with E-state index in [1.54, 1.807) is 31.2 Å². The molecule has 0 amide bonds. The van der Waals surface area contributed by atoms with Crippen LogP contribution in [0.1, 0.15) is 23.8 Å². The Morgan fingerprint density at radius 1 is 1.33 bits per heavy atom. The van der Waals surface area contributed by atoms with Gasteiger partial charge in [-0.05, 0) is 12.1 Å². The van der Waals surface area contributed by atoms with Crippen molar-refractivity contribution < 1.29 is 9.90 Å². The summed E-state index contributed by atoms with van der Waals surface area (Å²) in [7, 11) is 0. The summed E-state index contributed by atoms with van der Waals surface area (Å²) < 4.78 is 0. The van der Waals surface area contributed by atoms with Gasteiger partial charge in [0.15, 0.2) is 5.78 Å². The summed E-state index contributed by atoms with van der Waals surface area (Å²) in [5.74, 6) is 0.0957. The predicted molar refractivity (Wildman–Crippen MR) is 58.0 cm³/mol. The van der Waals surface area contributed by atoms with Crippen molar-refractivity contribution in [3.8, 4) is 5.75 Å². The van der Waals surface area contributed by atoms with Crippen molar-refractivity contribution in [3.05, 3.63) is 36.0 Å². The summed E-state index contributed by atoms with van der Waals surface area (Å²) >= 11 is 0. The van der Waals surface area contributed by atoms with Gasteiger partial charge in [-0.25, -0.2) is 4.98 Å². The molecule has 0 spiro atoms. The van der Waals surface area contributed by atoms with E-state index in [0.717, 1.165) is 5.39 Å². The Kier molecular flexibility index (Phi) is 2.37. The topological polar surface area (TPSA) is 50.2 Å². The van der Waals surface area contributed by atoms with Gasteiger partial charge in [0.2, 0.25) is 0 Å². The Balaban J connectivity index is 2.64. The second-order valence-electron chi connectivity index (χ2n) is 3.32. The van der Waals surface area contributed by atoms with Crippen LogP contribution in [0.3, 0.4) is 0 Å². The molecule has 3 nitrogen and oxygen atoms in total. The number of Topliss-reactive ketones (excluding diaryl/α,β-unsaturated/α-hetero) is 1. The Bertz CT molecular complexity index is 520. The second kappa shape index (κ2) is 3.69. The maximum Gasteiger partial charge on any atom is 0.180 e. The molecular formula is C12H11NO2. The predicted octanol–water partition coefficient (Wildman–Crippen LogP) is 2.53. The molecule has 0 bridgehead atoms. The zero-order valence-electron chi connectivity index (χ0n) is 8.40. The van der Waals surface area contributed by atoms with Gasteiger partial charge in [-0.3, -0.25) is 4.79 Å². The molecule has 0 aliphatic heterocycles. The fourth-order valence-electron chi connectivity index (χ4n) is 1.47. The van der Waals surface area contributed by atoms with Crippen LogP contribution in [0.5, 0.6) is 5.75 Å². The maximum absolute atomic E-state index is 11.4. The van der Waals surface area contributed by atoms with Crippen LogP contribution < -0.4 is 0 Å². The highest BCUT2D eigenvalue weighted by Gasteiger charge is 2.07. The lowest BCUT2D eigenvalue weighted by Crippen LogP contribution is -1.99. The molecule has 0 saturated heterocycles. The number of nitrogens with zero attached hydrogens (tertiary/aromatic N) is 1. The van der Waals surface area contributed by atoms with Gasteiger partial charge in [0, 0.05) is 11.8 Å². The molecule has 0 saturated carbocycles. The summed E-state index contributed by atoms with van der Waals surface area (Å²) in [6.07, 6.45) is 0.423. The average molecular weight is 201 g/mol. The van der Waals surface area contributed by atoms with Gasteiger partial charge < -0.3 is 5.11 Å². The Morgan fingerprint density at radius 2 is 2.13 bits per heavy atom. The van der Waals surface area contributed by atoms with Crippen LogP contribution in [0, 0.1) is 0 Å². The van der Waals surface area contributed by atoms with Crippen LogP contribution in [0.4, 0.5) is 0 Å². The van der Waals surface area contributed by atoms with Crippen molar-refractivity contribution >= 4 is 16.7 Å². The smallest absolute Gasteiger partial charge is 0.180 e. The molecule has 1 N–H and O–H groups in total. The van der Waals surface area contributed by atoms with Crippen LogP contribution >= 0.6 is 0 Å². The van der Waals surface area contributed by atoms with E-state index in [4.69, 9.17) is 0 Å². The van der Waals surface area contributed by atoms with Crippen LogP contribution in [0.25, 0.3) is 10.9 Å². The van der Waals surface area contributed by atoms with Crippen molar-refractivity contribution in [2.24, 2.45) is 0 Å². The number of carbonyl (C=O) groups excluding carboxylic acids is 1. The molecule has 1 heterocycles. The van der Waals surface area contributed by atoms with E-state index < -0.39 is 0 Å². The third-order valence-corrected chi connectivity index (χ3v) is 2.31. The summed E-state index contributed by atoms with van der Waals surface area (Å²) in [4.78, 5) is 15.6. The Morgan fingerprint density at radius 3 is 2.87 bits per heavy atom. The molecule has 2 rings (SSSR count). The molecule has 0 fully saturated rings. The van der Waals surface area contributed by atoms with Crippen LogP contribution in [-0.4, -0.2) is 15.9 Å². The van der Waals surface area contributed by atoms with Gasteiger partial charge in [-0.15, -0.1) is 0 Å². The number of hydrogen-bond acceptors (Lipinski definition) is 3. The van der Waals surface area contributed by atoms with Crippen LogP contribution in [-0.2, 0) is 0 Å². The minimum atomic E-state index is -0.0137. The Labute approximate surface area is 87.4 Å². The third kappa shape index (κ3) is 1.68. The fraction of sp³-hybridized carbons (Fsp3) is 0.167. The third-order valence-electron chi connectivity index (χ3n) is 2.31. The molecule has 0 atom stereocenters. The minimum Gasteiger partial charge on any atom is -0.506 e. The molecule has 0 aliphatic carbocycles. The number of fused-ring (bicyclic) bond motifs is 1. The molecule has 0 aliphatic rings. The Hall–Kier alpha value is -1.90. The van der Waals surface area contributed by atoms with Crippen molar-refractivity contribution in [3.63, 3.8) is 0 Å². The lowest BCUT2D eigenvalue weighted by atomic mass is 10.1. The standard InChI is InChI=1S/C12H11NO2/c1-2-10(14)9-7-6-8-4-3-5-11(15)12(8)13-9/h3-7,15H,2H2,1H3. The number of ketones is 1. The number of rotatable bonds is 2. The maximum atomic E-state index is 11.4. The molecular weight excluding hydrogens is 190 g/mol. The highest BCUT2D eigenvalue weighted by Crippen LogP contribution is 2.22. The van der Waals surface area contributed by atoms with E-state index in [1.807, 2.05) is 6.07 Å². The normalized spacial score (nSPS) is 10.5. The summed E-state index contributed by atoms with van der Waals surface area (Å²) in [5.41, 5.74) is 0.892. The minimum absolute atomic E-state index is 0.0137. The van der Waals surface area contributed by atoms with E-state index >= 15 is 0 Å². The largest absolute Gasteiger partial charge is 0.506 e. The lowest BCUT2D eigenvalue weighted by molar-refractivity contribution is 0.0984. The van der Waals surface area contributed by atoms with Gasteiger partial charge in [0.1, 0.15) is 17.0 Å². The molecule has 3 heteroatoms. The zero-order valence-corrected chi connectivity index (χ0v) is 8.40.